The van der Waals surface area contributed by atoms with Crippen LogP contribution in [0.3, 0.4) is 0 Å². The largest absolute Gasteiger partial charge is 0.493 e. The van der Waals surface area contributed by atoms with Gasteiger partial charge in [-0.25, -0.2) is 22.6 Å². The summed E-state index contributed by atoms with van der Waals surface area (Å²) in [5, 5.41) is 4.56. The molecule has 0 unspecified atom stereocenters. The average Bonchev–Trinajstić information content (AvgIpc) is 3.13. The van der Waals surface area contributed by atoms with Gasteiger partial charge in [-0.3, -0.25) is 0 Å². The minimum Gasteiger partial charge on any atom is -0.493 e. The van der Waals surface area contributed by atoms with Gasteiger partial charge in [-0.15, -0.1) is 0 Å². The number of esters is 1. The molecule has 0 radical (unpaired) electrons. The van der Waals surface area contributed by atoms with E-state index in [9.17, 15) is 13.2 Å². The second-order valence-electron chi connectivity index (χ2n) is 7.33. The lowest BCUT2D eigenvalue weighted by atomic mass is 10.2. The van der Waals surface area contributed by atoms with Crippen LogP contribution in [0.4, 0.5) is 0 Å². The number of aryl methyl sites for hydroxylation is 1. The number of rotatable bonds is 9. The Balaban J connectivity index is 1.96. The van der Waals surface area contributed by atoms with Crippen LogP contribution in [0.2, 0.25) is 0 Å². The summed E-state index contributed by atoms with van der Waals surface area (Å²) in [5.74, 6) is -0.309. The number of hydrogen-bond acceptors (Lipinski definition) is 7. The quantitative estimate of drug-likeness (QED) is 0.366. The van der Waals surface area contributed by atoms with Gasteiger partial charge >= 0.3 is 5.97 Å². The summed E-state index contributed by atoms with van der Waals surface area (Å²) in [6.45, 7) is 3.75. The topological polar surface area (TPSA) is 109 Å². The highest BCUT2D eigenvalue weighted by Crippen LogP contribution is 2.36. The minimum absolute atomic E-state index is 0.0283. The predicted molar refractivity (Wildman–Crippen MR) is 128 cm³/mol. The first-order valence-electron chi connectivity index (χ1n) is 10.3. The van der Waals surface area contributed by atoms with Crippen molar-refractivity contribution >= 4 is 22.1 Å². The van der Waals surface area contributed by atoms with Crippen molar-refractivity contribution in [1.29, 1.82) is 0 Å². The molecule has 0 bridgehead atoms. The normalized spacial score (nSPS) is 11.6. The number of hydrogen-bond donors (Lipinski definition) is 1. The van der Waals surface area contributed by atoms with E-state index in [1.165, 1.54) is 39.5 Å². The van der Waals surface area contributed by atoms with E-state index in [4.69, 9.17) is 9.47 Å². The van der Waals surface area contributed by atoms with E-state index in [0.717, 1.165) is 16.9 Å². The van der Waals surface area contributed by atoms with E-state index in [2.05, 4.69) is 14.6 Å². The number of benzene rings is 2. The first-order valence-corrected chi connectivity index (χ1v) is 11.8. The van der Waals surface area contributed by atoms with Crippen LogP contribution < -0.4 is 14.2 Å². The van der Waals surface area contributed by atoms with Crippen LogP contribution in [0.15, 0.2) is 53.4 Å². The molecule has 1 aromatic heterocycles. The predicted octanol–water partition coefficient (Wildman–Crippen LogP) is 3.17. The van der Waals surface area contributed by atoms with Crippen LogP contribution in [-0.2, 0) is 26.1 Å². The molecule has 34 heavy (non-hydrogen) atoms. The van der Waals surface area contributed by atoms with Gasteiger partial charge in [0.25, 0.3) is 0 Å². The highest BCUT2D eigenvalue weighted by Gasteiger charge is 2.25. The highest BCUT2D eigenvalue weighted by molar-refractivity contribution is 7.89. The minimum atomic E-state index is -4.03. The van der Waals surface area contributed by atoms with Crippen LogP contribution in [0.25, 0.3) is 11.8 Å². The number of nitrogens with zero attached hydrogens (tertiary/aromatic N) is 2. The van der Waals surface area contributed by atoms with Crippen molar-refractivity contribution in [3.63, 3.8) is 0 Å². The number of carbonyl (C=O) groups excluding carboxylic acids is 1. The van der Waals surface area contributed by atoms with Crippen molar-refractivity contribution in [2.45, 2.75) is 25.3 Å². The maximum absolute atomic E-state index is 13.3. The molecule has 1 heterocycles. The third-order valence-corrected chi connectivity index (χ3v) is 6.66. The molecule has 2 aromatic carbocycles. The van der Waals surface area contributed by atoms with Gasteiger partial charge in [-0.2, -0.15) is 5.10 Å². The van der Waals surface area contributed by atoms with Crippen LogP contribution >= 0.6 is 0 Å². The maximum atomic E-state index is 13.3. The molecule has 9 nitrogen and oxygen atoms in total. The second-order valence-corrected chi connectivity index (χ2v) is 9.07. The molecule has 0 aliphatic rings. The van der Waals surface area contributed by atoms with E-state index in [-0.39, 0.29) is 22.9 Å². The van der Waals surface area contributed by atoms with Gasteiger partial charge in [0.1, 0.15) is 4.90 Å². The molecule has 0 saturated heterocycles. The number of aromatic nitrogens is 2. The van der Waals surface area contributed by atoms with E-state index < -0.39 is 16.0 Å². The van der Waals surface area contributed by atoms with Crippen LogP contribution in [0.5, 0.6) is 11.5 Å². The lowest BCUT2D eigenvalue weighted by Gasteiger charge is -2.15. The number of nitrogens with one attached hydrogen (secondary N) is 1. The molecule has 0 fully saturated rings. The van der Waals surface area contributed by atoms with Crippen molar-refractivity contribution in [1.82, 2.24) is 14.5 Å². The first-order chi connectivity index (χ1) is 16.2. The summed E-state index contributed by atoms with van der Waals surface area (Å²) in [6, 6.07) is 12.6. The summed E-state index contributed by atoms with van der Waals surface area (Å²) >= 11 is 0. The Kier molecular flexibility index (Phi) is 7.75. The number of sulfonamides is 1. The van der Waals surface area contributed by atoms with Crippen molar-refractivity contribution in [2.24, 2.45) is 0 Å². The molecule has 1 N–H and O–H groups in total. The Bertz CT molecular complexity index is 1310. The molecule has 3 aromatic rings. The molecule has 0 saturated carbocycles. The fraction of sp³-hybridized carbons (Fsp3) is 0.250. The maximum Gasteiger partial charge on any atom is 0.330 e. The summed E-state index contributed by atoms with van der Waals surface area (Å²) in [5.41, 5.74) is 3.61. The third kappa shape index (κ3) is 5.29. The third-order valence-electron chi connectivity index (χ3n) is 5.25. The molecule has 0 amide bonds. The lowest BCUT2D eigenvalue weighted by molar-refractivity contribution is -0.134. The van der Waals surface area contributed by atoms with Gasteiger partial charge in [-0.1, -0.05) is 18.2 Å². The SMILES string of the molecule is COC(=O)/C=C/c1cc(OC)c(OC)c(S(=O)(=O)NCc2c(C)nn(-c3ccccc3)c2C)c1. The van der Waals surface area contributed by atoms with E-state index >= 15 is 0 Å². The van der Waals surface area contributed by atoms with Gasteiger partial charge in [-0.05, 0) is 49.8 Å². The molecular weight excluding hydrogens is 458 g/mol. The molecule has 0 spiro atoms. The average molecular weight is 486 g/mol. The molecule has 3 rings (SSSR count). The summed E-state index contributed by atoms with van der Waals surface area (Å²) in [4.78, 5) is 11.3. The number of carbonyl (C=O) groups is 1. The van der Waals surface area contributed by atoms with Crippen LogP contribution in [-0.4, -0.2) is 45.5 Å². The molecule has 0 aliphatic carbocycles. The first kappa shape index (κ1) is 25.0. The Labute approximate surface area is 199 Å². The van der Waals surface area contributed by atoms with Crippen LogP contribution in [0, 0.1) is 13.8 Å². The highest BCUT2D eigenvalue weighted by atomic mass is 32.2. The van der Waals surface area contributed by atoms with E-state index in [0.29, 0.717) is 11.3 Å². The van der Waals surface area contributed by atoms with Gasteiger partial charge < -0.3 is 14.2 Å². The Hall–Kier alpha value is -3.63. The second kappa shape index (κ2) is 10.5. The van der Waals surface area contributed by atoms with Crippen molar-refractivity contribution in [3.05, 3.63) is 71.1 Å². The fourth-order valence-electron chi connectivity index (χ4n) is 3.47. The molecule has 10 heteroatoms. The van der Waals surface area contributed by atoms with Crippen molar-refractivity contribution in [3.8, 4) is 17.2 Å². The van der Waals surface area contributed by atoms with Gasteiger partial charge in [0, 0.05) is 23.9 Å². The molecule has 180 valence electrons. The van der Waals surface area contributed by atoms with Crippen molar-refractivity contribution in [2.75, 3.05) is 21.3 Å². The zero-order chi connectivity index (χ0) is 24.9. The summed E-state index contributed by atoms with van der Waals surface area (Å²) < 4.78 is 46.3. The van der Waals surface area contributed by atoms with Crippen molar-refractivity contribution < 1.29 is 27.4 Å². The summed E-state index contributed by atoms with van der Waals surface area (Å²) in [6.07, 6.45) is 2.63. The zero-order valence-corrected chi connectivity index (χ0v) is 20.5. The lowest BCUT2D eigenvalue weighted by Crippen LogP contribution is -2.24. The number of para-hydroxylation sites is 1. The zero-order valence-electron chi connectivity index (χ0n) is 19.7. The summed E-state index contributed by atoms with van der Waals surface area (Å²) in [7, 11) is -0.0134. The molecule has 0 atom stereocenters. The fourth-order valence-corrected chi connectivity index (χ4v) is 4.68. The molecular formula is C24H27N3O6S. The van der Waals surface area contributed by atoms with Crippen LogP contribution in [0.1, 0.15) is 22.5 Å². The van der Waals surface area contributed by atoms with Gasteiger partial charge in [0.05, 0.1) is 32.7 Å². The monoisotopic (exact) mass is 485 g/mol. The Morgan fingerprint density at radius 3 is 2.41 bits per heavy atom. The molecule has 0 aliphatic heterocycles. The number of ether oxygens (including phenoxy) is 3. The van der Waals surface area contributed by atoms with Gasteiger partial charge in [0.15, 0.2) is 11.5 Å². The van der Waals surface area contributed by atoms with E-state index in [1.807, 2.05) is 44.2 Å². The smallest absolute Gasteiger partial charge is 0.330 e. The standard InChI is InChI=1S/C24H27N3O6S/c1-16-20(17(2)27(26-16)19-9-7-6-8-10-19)15-25-34(29,30)22-14-18(11-12-23(28)32-4)13-21(31-3)24(22)33-5/h6-14,25H,15H2,1-5H3/b12-11+. The number of methoxy groups -OCH3 is 3. The van der Waals surface area contributed by atoms with E-state index in [1.54, 1.807) is 10.7 Å². The Morgan fingerprint density at radius 2 is 1.79 bits per heavy atom. The Morgan fingerprint density at radius 1 is 1.09 bits per heavy atom. The van der Waals surface area contributed by atoms with Gasteiger partial charge in [0.2, 0.25) is 10.0 Å².